The van der Waals surface area contributed by atoms with E-state index in [9.17, 15) is 8.42 Å². The predicted molar refractivity (Wildman–Crippen MR) is 91.3 cm³/mol. The highest BCUT2D eigenvalue weighted by atomic mass is 32.2. The molecule has 1 saturated heterocycles. The summed E-state index contributed by atoms with van der Waals surface area (Å²) in [5.41, 5.74) is 0. The lowest BCUT2D eigenvalue weighted by atomic mass is 9.91. The summed E-state index contributed by atoms with van der Waals surface area (Å²) >= 11 is 0. The van der Waals surface area contributed by atoms with Gasteiger partial charge in [-0.1, -0.05) is 6.42 Å². The molecule has 4 rings (SSSR count). The Labute approximate surface area is 144 Å². The molecule has 134 valence electrons. The van der Waals surface area contributed by atoms with E-state index in [0.29, 0.717) is 19.0 Å². The van der Waals surface area contributed by atoms with E-state index in [1.165, 1.54) is 25.5 Å². The van der Waals surface area contributed by atoms with Crippen molar-refractivity contribution >= 4 is 10.0 Å². The summed E-state index contributed by atoms with van der Waals surface area (Å²) in [6, 6.07) is 0.781. The van der Waals surface area contributed by atoms with Crippen LogP contribution in [0.2, 0.25) is 0 Å². The number of piperidine rings is 1. The van der Waals surface area contributed by atoms with Gasteiger partial charge in [0.15, 0.2) is 0 Å². The lowest BCUT2D eigenvalue weighted by molar-refractivity contribution is 0.129. The van der Waals surface area contributed by atoms with Crippen molar-refractivity contribution < 1.29 is 8.42 Å². The van der Waals surface area contributed by atoms with Crippen LogP contribution in [0.15, 0.2) is 0 Å². The van der Waals surface area contributed by atoms with Gasteiger partial charge < -0.3 is 4.57 Å². The van der Waals surface area contributed by atoms with Crippen LogP contribution in [-0.4, -0.2) is 70.9 Å². The fourth-order valence-electron chi connectivity index (χ4n) is 4.23. The average Bonchev–Trinajstić information content (AvgIpc) is 2.80. The lowest BCUT2D eigenvalue weighted by Crippen LogP contribution is -2.41. The highest BCUT2D eigenvalue weighted by molar-refractivity contribution is 7.88. The molecule has 8 heteroatoms. The zero-order chi connectivity index (χ0) is 16.7. The van der Waals surface area contributed by atoms with Crippen molar-refractivity contribution in [1.82, 2.24) is 24.0 Å². The first-order chi connectivity index (χ1) is 11.5. The Morgan fingerprint density at radius 2 is 1.71 bits per heavy atom. The number of rotatable bonds is 3. The van der Waals surface area contributed by atoms with E-state index in [4.69, 9.17) is 0 Å². The summed E-state index contributed by atoms with van der Waals surface area (Å²) in [7, 11) is -3.07. The van der Waals surface area contributed by atoms with E-state index >= 15 is 0 Å². The molecule has 0 radical (unpaired) electrons. The fraction of sp³-hybridized carbons (Fsp3) is 0.875. The molecule has 0 spiro atoms. The summed E-state index contributed by atoms with van der Waals surface area (Å²) in [5, 5.41) is 8.93. The number of nitrogens with zero attached hydrogens (tertiary/aromatic N) is 5. The van der Waals surface area contributed by atoms with Crippen LogP contribution in [0.5, 0.6) is 0 Å². The molecule has 2 fully saturated rings. The zero-order valence-electron chi connectivity index (χ0n) is 14.4. The van der Waals surface area contributed by atoms with Crippen LogP contribution in [0.3, 0.4) is 0 Å². The van der Waals surface area contributed by atoms with Gasteiger partial charge in [0.25, 0.3) is 0 Å². The molecule has 24 heavy (non-hydrogen) atoms. The Bertz CT molecular complexity index is 689. The molecule has 1 saturated carbocycles. The zero-order valence-corrected chi connectivity index (χ0v) is 15.2. The van der Waals surface area contributed by atoms with E-state index < -0.39 is 10.0 Å². The maximum Gasteiger partial charge on any atom is 0.211 e. The van der Waals surface area contributed by atoms with Crippen LogP contribution in [0, 0.1) is 0 Å². The third-order valence-corrected chi connectivity index (χ3v) is 7.27. The van der Waals surface area contributed by atoms with Crippen LogP contribution in [-0.2, 0) is 23.0 Å². The van der Waals surface area contributed by atoms with Crippen molar-refractivity contribution in [2.24, 2.45) is 0 Å². The second kappa shape index (κ2) is 6.38. The number of hydrogen-bond acceptors (Lipinski definition) is 5. The molecule has 7 nitrogen and oxygen atoms in total. The topological polar surface area (TPSA) is 71.3 Å². The smallest absolute Gasteiger partial charge is 0.211 e. The quantitative estimate of drug-likeness (QED) is 0.805. The molecule has 2 aliphatic heterocycles. The Kier molecular flexibility index (Phi) is 4.38. The summed E-state index contributed by atoms with van der Waals surface area (Å²) in [5.74, 6) is 2.52. The van der Waals surface area contributed by atoms with E-state index in [-0.39, 0.29) is 0 Å². The number of hydrogen-bond donors (Lipinski definition) is 0. The highest BCUT2D eigenvalue weighted by Crippen LogP contribution is 2.30. The van der Waals surface area contributed by atoms with Crippen LogP contribution in [0.4, 0.5) is 0 Å². The highest BCUT2D eigenvalue weighted by Gasteiger charge is 2.31. The Hall–Kier alpha value is -0.990. The minimum Gasteiger partial charge on any atom is -0.313 e. The van der Waals surface area contributed by atoms with Gasteiger partial charge in [-0.25, -0.2) is 12.7 Å². The van der Waals surface area contributed by atoms with Gasteiger partial charge in [0, 0.05) is 51.1 Å². The largest absolute Gasteiger partial charge is 0.313 e. The molecule has 1 aliphatic carbocycles. The molecule has 0 bridgehead atoms. The molecule has 3 aliphatic rings. The van der Waals surface area contributed by atoms with Crippen molar-refractivity contribution in [1.29, 1.82) is 0 Å². The first kappa shape index (κ1) is 16.5. The second-order valence-corrected chi connectivity index (χ2v) is 9.42. The van der Waals surface area contributed by atoms with E-state index in [2.05, 4.69) is 19.7 Å². The normalized spacial score (nSPS) is 25.2. The predicted octanol–water partition coefficient (Wildman–Crippen LogP) is 0.828. The third-order valence-electron chi connectivity index (χ3n) is 5.97. The molecule has 0 aromatic carbocycles. The molecule has 0 N–H and O–H groups in total. The van der Waals surface area contributed by atoms with Crippen LogP contribution < -0.4 is 0 Å². The number of sulfonamides is 1. The van der Waals surface area contributed by atoms with Crippen LogP contribution in [0.1, 0.15) is 49.7 Å². The minimum absolute atomic E-state index is 0.333. The second-order valence-electron chi connectivity index (χ2n) is 7.43. The van der Waals surface area contributed by atoms with E-state index in [0.717, 1.165) is 56.6 Å². The lowest BCUT2D eigenvalue weighted by Gasteiger charge is -2.36. The Morgan fingerprint density at radius 3 is 2.33 bits per heavy atom. The summed E-state index contributed by atoms with van der Waals surface area (Å²) in [4.78, 5) is 2.62. The molecular weight excluding hydrogens is 326 g/mol. The van der Waals surface area contributed by atoms with Crippen molar-refractivity contribution in [3.63, 3.8) is 0 Å². The van der Waals surface area contributed by atoms with Gasteiger partial charge in [0.1, 0.15) is 11.6 Å². The van der Waals surface area contributed by atoms with Gasteiger partial charge in [-0.15, -0.1) is 10.2 Å². The molecule has 0 amide bonds. The van der Waals surface area contributed by atoms with Crippen LogP contribution >= 0.6 is 0 Å². The maximum absolute atomic E-state index is 11.7. The molecule has 1 aromatic rings. The van der Waals surface area contributed by atoms with Gasteiger partial charge in [-0.05, 0) is 25.7 Å². The van der Waals surface area contributed by atoms with Gasteiger partial charge in [0.05, 0.1) is 6.26 Å². The van der Waals surface area contributed by atoms with Gasteiger partial charge in [-0.3, -0.25) is 4.90 Å². The average molecular weight is 353 g/mol. The van der Waals surface area contributed by atoms with Crippen LogP contribution in [0.25, 0.3) is 0 Å². The van der Waals surface area contributed by atoms with Crippen molar-refractivity contribution in [2.45, 2.75) is 57.0 Å². The van der Waals surface area contributed by atoms with Crippen molar-refractivity contribution in [2.75, 3.05) is 32.4 Å². The van der Waals surface area contributed by atoms with Gasteiger partial charge in [0.2, 0.25) is 10.0 Å². The SMILES string of the molecule is CS(=O)(=O)N1CCC(c2nnc3n2CCN(C2CCC2)CC3)CC1. The Balaban J connectivity index is 1.44. The first-order valence-corrected chi connectivity index (χ1v) is 11.0. The minimum atomic E-state index is -3.07. The molecule has 0 atom stereocenters. The molecule has 3 heterocycles. The van der Waals surface area contributed by atoms with Gasteiger partial charge >= 0.3 is 0 Å². The fourth-order valence-corrected chi connectivity index (χ4v) is 5.10. The number of fused-ring (bicyclic) bond motifs is 1. The monoisotopic (exact) mass is 353 g/mol. The van der Waals surface area contributed by atoms with Gasteiger partial charge in [-0.2, -0.15) is 0 Å². The maximum atomic E-state index is 11.7. The molecule has 1 aromatic heterocycles. The first-order valence-electron chi connectivity index (χ1n) is 9.13. The van der Waals surface area contributed by atoms with Crippen molar-refractivity contribution in [3.8, 4) is 0 Å². The standard InChI is InChI=1S/C16H27N5O2S/c1-24(22,23)20-9-5-13(6-10-20)16-18-17-15-7-8-19(11-12-21(15)16)14-3-2-4-14/h13-14H,2-12H2,1H3. The summed E-state index contributed by atoms with van der Waals surface area (Å²) < 4.78 is 27.3. The Morgan fingerprint density at radius 1 is 0.958 bits per heavy atom. The van der Waals surface area contributed by atoms with E-state index in [1.54, 1.807) is 4.31 Å². The summed E-state index contributed by atoms with van der Waals surface area (Å²) in [6.07, 6.45) is 8.03. The number of aromatic nitrogens is 3. The van der Waals surface area contributed by atoms with E-state index in [1.807, 2.05) is 0 Å². The van der Waals surface area contributed by atoms with Crippen molar-refractivity contribution in [3.05, 3.63) is 11.6 Å². The summed E-state index contributed by atoms with van der Waals surface area (Å²) in [6.45, 7) is 4.35. The molecular formula is C16H27N5O2S. The molecule has 0 unspecified atom stereocenters. The third kappa shape index (κ3) is 3.11.